The summed E-state index contributed by atoms with van der Waals surface area (Å²) in [6, 6.07) is 0.277. The molecule has 0 spiro atoms. The molecule has 4 N–H and O–H groups in total. The molecule has 138 valence electrons. The first-order valence-electron chi connectivity index (χ1n) is 9.46. The Morgan fingerprint density at radius 1 is 1.23 bits per heavy atom. The van der Waals surface area contributed by atoms with Crippen LogP contribution in [0.5, 0.6) is 0 Å². The van der Waals surface area contributed by atoms with Crippen molar-refractivity contribution in [3.05, 3.63) is 18.1 Å². The average molecular weight is 356 g/mol. The summed E-state index contributed by atoms with van der Waals surface area (Å²) in [7, 11) is 0. The minimum absolute atomic E-state index is 0.109. The number of anilines is 1. The molecule has 2 heterocycles. The van der Waals surface area contributed by atoms with Gasteiger partial charge in [-0.25, -0.2) is 9.97 Å². The number of aliphatic hydroxyl groups is 2. The van der Waals surface area contributed by atoms with Crippen molar-refractivity contribution < 1.29 is 15.0 Å². The van der Waals surface area contributed by atoms with E-state index in [-0.39, 0.29) is 23.8 Å². The van der Waals surface area contributed by atoms with Gasteiger partial charge in [-0.05, 0) is 55.3 Å². The van der Waals surface area contributed by atoms with Gasteiger partial charge in [0, 0.05) is 18.8 Å². The number of fused-ring (bicyclic) bond motifs is 1. The van der Waals surface area contributed by atoms with Crippen LogP contribution in [-0.2, 0) is 0 Å². The Bertz CT molecular complexity index is 848. The Balaban J connectivity index is 1.52. The number of pyridine rings is 1. The van der Waals surface area contributed by atoms with Crippen molar-refractivity contribution in [2.24, 2.45) is 23.2 Å². The fourth-order valence-corrected chi connectivity index (χ4v) is 6.12. The maximum absolute atomic E-state index is 12.2. The molecule has 4 saturated carbocycles. The topological polar surface area (TPSA) is 111 Å². The predicted molar refractivity (Wildman–Crippen MR) is 95.8 cm³/mol. The number of carbonyl (C=O) groups is 1. The van der Waals surface area contributed by atoms with Crippen LogP contribution in [0, 0.1) is 23.2 Å². The summed E-state index contributed by atoms with van der Waals surface area (Å²) in [5, 5.41) is 22.9. The number of H-pyrrole nitrogens is 1. The zero-order valence-electron chi connectivity index (χ0n) is 14.6. The number of aromatic amines is 1. The zero-order chi connectivity index (χ0) is 17.9. The highest BCUT2D eigenvalue weighted by Crippen LogP contribution is 2.60. The average Bonchev–Trinajstić information content (AvgIpc) is 3.12. The molecule has 7 heteroatoms. The zero-order valence-corrected chi connectivity index (χ0v) is 14.6. The number of rotatable bonds is 5. The smallest absolute Gasteiger partial charge is 0.191 e. The van der Waals surface area contributed by atoms with Gasteiger partial charge in [-0.1, -0.05) is 0 Å². The number of imidazole rings is 1. The second-order valence-electron chi connectivity index (χ2n) is 8.53. The standard InChI is InChI=1S/C19H24N4O3/c24-7-14(26)13-6-20-18-17(21-9-22-18)16(13)23-15-11-1-10-2-12(15)5-19(3-10,4-11)8-25/h6,9-12,15,24-25H,1-5,7-8H2,(H2,20,21,22,23)/t10?,11-,12+,15?,19-. The van der Waals surface area contributed by atoms with Gasteiger partial charge in [0.25, 0.3) is 0 Å². The SMILES string of the molecule is O=C(CO)c1cnc2[nH]cnc2c1NC1[C@@H]2CC3C[C@H]1C[C@@](CO)(C3)C2. The Kier molecular flexibility index (Phi) is 3.59. The van der Waals surface area contributed by atoms with Crippen molar-refractivity contribution in [1.29, 1.82) is 0 Å². The number of ketones is 1. The molecular formula is C19H24N4O3. The second-order valence-corrected chi connectivity index (χ2v) is 8.53. The van der Waals surface area contributed by atoms with Crippen LogP contribution in [0.3, 0.4) is 0 Å². The maximum Gasteiger partial charge on any atom is 0.191 e. The predicted octanol–water partition coefficient (Wildman–Crippen LogP) is 1.73. The van der Waals surface area contributed by atoms with Crippen LogP contribution in [0.4, 0.5) is 5.69 Å². The van der Waals surface area contributed by atoms with E-state index < -0.39 is 6.61 Å². The van der Waals surface area contributed by atoms with Crippen molar-refractivity contribution in [2.45, 2.75) is 38.1 Å². The summed E-state index contributed by atoms with van der Waals surface area (Å²) < 4.78 is 0. The summed E-state index contributed by atoms with van der Waals surface area (Å²) in [5.41, 5.74) is 2.48. The van der Waals surface area contributed by atoms with Gasteiger partial charge in [0.1, 0.15) is 12.1 Å². The van der Waals surface area contributed by atoms with Crippen molar-refractivity contribution in [3.63, 3.8) is 0 Å². The fraction of sp³-hybridized carbons (Fsp3) is 0.632. The summed E-state index contributed by atoms with van der Waals surface area (Å²) in [5.74, 6) is 1.39. The van der Waals surface area contributed by atoms with Crippen molar-refractivity contribution in [3.8, 4) is 0 Å². The Hall–Kier alpha value is -1.99. The first-order valence-corrected chi connectivity index (χ1v) is 9.46. The van der Waals surface area contributed by atoms with Gasteiger partial charge in [-0.3, -0.25) is 4.79 Å². The summed E-state index contributed by atoms with van der Waals surface area (Å²) in [4.78, 5) is 23.8. The van der Waals surface area contributed by atoms with Gasteiger partial charge >= 0.3 is 0 Å². The minimum atomic E-state index is -0.542. The monoisotopic (exact) mass is 356 g/mol. The highest BCUT2D eigenvalue weighted by atomic mass is 16.3. The molecular weight excluding hydrogens is 332 g/mol. The van der Waals surface area contributed by atoms with Crippen LogP contribution in [0.2, 0.25) is 0 Å². The van der Waals surface area contributed by atoms with Crippen molar-refractivity contribution >= 4 is 22.6 Å². The van der Waals surface area contributed by atoms with E-state index >= 15 is 0 Å². The van der Waals surface area contributed by atoms with E-state index in [4.69, 9.17) is 0 Å². The Morgan fingerprint density at radius 3 is 2.69 bits per heavy atom. The lowest BCUT2D eigenvalue weighted by atomic mass is 9.48. The summed E-state index contributed by atoms with van der Waals surface area (Å²) in [6.07, 6.45) is 8.73. The number of nitrogens with zero attached hydrogens (tertiary/aromatic N) is 2. The normalized spacial score (nSPS) is 35.2. The molecule has 4 fully saturated rings. The first kappa shape index (κ1) is 16.2. The highest BCUT2D eigenvalue weighted by Gasteiger charge is 2.55. The minimum Gasteiger partial charge on any atom is -0.396 e. The molecule has 4 aliphatic carbocycles. The van der Waals surface area contributed by atoms with E-state index in [0.717, 1.165) is 25.2 Å². The highest BCUT2D eigenvalue weighted by molar-refractivity contribution is 6.07. The van der Waals surface area contributed by atoms with Gasteiger partial charge < -0.3 is 20.5 Å². The fourth-order valence-electron chi connectivity index (χ4n) is 6.12. The molecule has 0 radical (unpaired) electrons. The van der Waals surface area contributed by atoms with Gasteiger partial charge in [-0.2, -0.15) is 0 Å². The van der Waals surface area contributed by atoms with E-state index in [1.54, 1.807) is 6.33 Å². The molecule has 0 saturated heterocycles. The number of Topliss-reactive ketones (excluding diaryl/α,β-unsaturated/α-hetero) is 1. The van der Waals surface area contributed by atoms with Gasteiger partial charge in [0.2, 0.25) is 0 Å². The maximum atomic E-state index is 12.2. The third-order valence-electron chi connectivity index (χ3n) is 6.94. The molecule has 6 rings (SSSR count). The van der Waals surface area contributed by atoms with E-state index in [1.165, 1.54) is 19.0 Å². The number of nitrogens with one attached hydrogen (secondary N) is 2. The molecule has 5 atom stereocenters. The number of aliphatic hydroxyl groups excluding tert-OH is 2. The van der Waals surface area contributed by atoms with E-state index in [0.29, 0.717) is 34.3 Å². The molecule has 0 aromatic carbocycles. The molecule has 2 aromatic rings. The van der Waals surface area contributed by atoms with Gasteiger partial charge in [0.15, 0.2) is 11.4 Å². The van der Waals surface area contributed by atoms with Crippen LogP contribution < -0.4 is 5.32 Å². The number of hydrogen-bond acceptors (Lipinski definition) is 6. The Morgan fingerprint density at radius 2 is 2.00 bits per heavy atom. The summed E-state index contributed by atoms with van der Waals surface area (Å²) >= 11 is 0. The van der Waals surface area contributed by atoms with Crippen LogP contribution in [-0.4, -0.2) is 50.2 Å². The quantitative estimate of drug-likeness (QED) is 0.607. The summed E-state index contributed by atoms with van der Waals surface area (Å²) in [6.45, 7) is -0.254. The van der Waals surface area contributed by atoms with Crippen LogP contribution in [0.15, 0.2) is 12.5 Å². The Labute approximate surface area is 151 Å². The van der Waals surface area contributed by atoms with E-state index in [1.807, 2.05) is 0 Å². The van der Waals surface area contributed by atoms with Crippen LogP contribution in [0.1, 0.15) is 42.5 Å². The molecule has 26 heavy (non-hydrogen) atoms. The van der Waals surface area contributed by atoms with E-state index in [2.05, 4.69) is 20.3 Å². The number of aromatic nitrogens is 3. The molecule has 0 aliphatic heterocycles. The molecule has 2 aromatic heterocycles. The van der Waals surface area contributed by atoms with E-state index in [9.17, 15) is 15.0 Å². The molecule has 7 nitrogen and oxygen atoms in total. The first-order chi connectivity index (χ1) is 12.6. The largest absolute Gasteiger partial charge is 0.396 e. The van der Waals surface area contributed by atoms with Crippen molar-refractivity contribution in [1.82, 2.24) is 15.0 Å². The second kappa shape index (κ2) is 5.76. The number of carbonyl (C=O) groups excluding carboxylic acids is 1. The van der Waals surface area contributed by atoms with Gasteiger partial charge in [-0.15, -0.1) is 0 Å². The van der Waals surface area contributed by atoms with Crippen LogP contribution in [0.25, 0.3) is 11.2 Å². The number of hydrogen-bond donors (Lipinski definition) is 4. The molecule has 4 aliphatic rings. The lowest BCUT2D eigenvalue weighted by molar-refractivity contribution is -0.0868. The van der Waals surface area contributed by atoms with Crippen molar-refractivity contribution in [2.75, 3.05) is 18.5 Å². The lowest BCUT2D eigenvalue weighted by Crippen LogP contribution is -2.57. The lowest BCUT2D eigenvalue weighted by Gasteiger charge is -2.60. The molecule has 2 unspecified atom stereocenters. The molecule has 0 amide bonds. The third-order valence-corrected chi connectivity index (χ3v) is 6.94. The molecule has 4 bridgehead atoms. The third kappa shape index (κ3) is 2.30. The van der Waals surface area contributed by atoms with Crippen LogP contribution >= 0.6 is 0 Å². The van der Waals surface area contributed by atoms with Gasteiger partial charge in [0.05, 0.1) is 17.6 Å².